The number of benzene rings is 2. The van der Waals surface area contributed by atoms with E-state index in [4.69, 9.17) is 0 Å². The average Bonchev–Trinajstić information content (AvgIpc) is 2.98. The minimum Gasteiger partial charge on any atom is -0.504 e. The summed E-state index contributed by atoms with van der Waals surface area (Å²) in [5.74, 6) is -0.829. The molecule has 110 valence electrons. The lowest BCUT2D eigenvalue weighted by molar-refractivity contribution is 0.0955. The Kier molecular flexibility index (Phi) is 3.45. The predicted molar refractivity (Wildman–Crippen MR) is 80.9 cm³/mol. The van der Waals surface area contributed by atoms with Gasteiger partial charge in [0, 0.05) is 5.56 Å². The van der Waals surface area contributed by atoms with Gasteiger partial charge >= 0.3 is 0 Å². The van der Waals surface area contributed by atoms with Crippen LogP contribution in [0.25, 0.3) is 11.0 Å². The molecule has 7 heteroatoms. The molecular formula is C15H12N4O3. The molecule has 0 fully saturated rings. The molecule has 1 heterocycles. The van der Waals surface area contributed by atoms with Crippen LogP contribution in [-0.4, -0.2) is 32.3 Å². The zero-order valence-corrected chi connectivity index (χ0v) is 11.3. The number of phenols is 2. The Balaban J connectivity index is 1.70. The fraction of sp³-hybridized carbons (Fsp3) is 0. The number of hydrogen-bond acceptors (Lipinski definition) is 5. The number of carbonyl (C=O) groups excluding carboxylic acids is 1. The molecule has 0 spiro atoms. The van der Waals surface area contributed by atoms with E-state index < -0.39 is 0 Å². The number of hydrogen-bond donors (Lipinski definition) is 4. The molecular weight excluding hydrogens is 284 g/mol. The summed E-state index contributed by atoms with van der Waals surface area (Å²) < 4.78 is 0. The van der Waals surface area contributed by atoms with Crippen LogP contribution < -0.4 is 5.43 Å². The zero-order valence-electron chi connectivity index (χ0n) is 11.3. The molecule has 0 aliphatic heterocycles. The second-order valence-corrected chi connectivity index (χ2v) is 4.58. The number of rotatable bonds is 3. The number of amides is 1. The quantitative estimate of drug-likeness (QED) is 0.335. The Morgan fingerprint density at radius 3 is 2.86 bits per heavy atom. The fourth-order valence-electron chi connectivity index (χ4n) is 1.93. The van der Waals surface area contributed by atoms with Gasteiger partial charge in [-0.2, -0.15) is 5.10 Å². The Hall–Kier alpha value is -3.35. The predicted octanol–water partition coefficient (Wildman–Crippen LogP) is 1.74. The van der Waals surface area contributed by atoms with E-state index in [-0.39, 0.29) is 17.4 Å². The van der Waals surface area contributed by atoms with Crippen LogP contribution in [0, 0.1) is 0 Å². The van der Waals surface area contributed by atoms with Crippen molar-refractivity contribution < 1.29 is 15.0 Å². The first-order valence-corrected chi connectivity index (χ1v) is 6.42. The number of aromatic hydroxyl groups is 2. The maximum absolute atomic E-state index is 12.0. The summed E-state index contributed by atoms with van der Waals surface area (Å²) in [6.45, 7) is 0. The first kappa shape index (κ1) is 13.6. The summed E-state index contributed by atoms with van der Waals surface area (Å²) in [7, 11) is 0. The van der Waals surface area contributed by atoms with Crippen molar-refractivity contribution in [3.63, 3.8) is 0 Å². The average molecular weight is 296 g/mol. The van der Waals surface area contributed by atoms with E-state index in [1.54, 1.807) is 30.6 Å². The maximum atomic E-state index is 12.0. The van der Waals surface area contributed by atoms with Crippen LogP contribution in [-0.2, 0) is 0 Å². The molecule has 3 rings (SSSR count). The minimum absolute atomic E-state index is 0.214. The third kappa shape index (κ3) is 2.73. The van der Waals surface area contributed by atoms with E-state index in [2.05, 4.69) is 20.5 Å². The van der Waals surface area contributed by atoms with Crippen molar-refractivity contribution in [2.45, 2.75) is 0 Å². The summed E-state index contributed by atoms with van der Waals surface area (Å²) in [6.07, 6.45) is 2.92. The first-order valence-electron chi connectivity index (χ1n) is 6.42. The van der Waals surface area contributed by atoms with E-state index in [0.29, 0.717) is 11.1 Å². The summed E-state index contributed by atoms with van der Waals surface area (Å²) in [5.41, 5.74) is 4.92. The molecule has 0 saturated carbocycles. The van der Waals surface area contributed by atoms with Crippen LogP contribution in [0.2, 0.25) is 0 Å². The molecule has 22 heavy (non-hydrogen) atoms. The third-order valence-corrected chi connectivity index (χ3v) is 3.06. The Morgan fingerprint density at radius 2 is 2.05 bits per heavy atom. The van der Waals surface area contributed by atoms with Crippen molar-refractivity contribution in [1.82, 2.24) is 15.4 Å². The van der Waals surface area contributed by atoms with E-state index in [9.17, 15) is 15.0 Å². The van der Waals surface area contributed by atoms with Gasteiger partial charge in [0.1, 0.15) is 0 Å². The molecule has 2 aromatic carbocycles. The number of hydrazone groups is 1. The number of imidazole rings is 1. The maximum Gasteiger partial charge on any atom is 0.271 e. The highest BCUT2D eigenvalue weighted by atomic mass is 16.3. The van der Waals surface area contributed by atoms with Gasteiger partial charge in [-0.15, -0.1) is 0 Å². The highest BCUT2D eigenvalue weighted by molar-refractivity contribution is 5.97. The Morgan fingerprint density at radius 1 is 1.18 bits per heavy atom. The van der Waals surface area contributed by atoms with E-state index in [1.165, 1.54) is 18.3 Å². The molecule has 1 aromatic heterocycles. The van der Waals surface area contributed by atoms with Crippen LogP contribution in [0.5, 0.6) is 11.5 Å². The van der Waals surface area contributed by atoms with Gasteiger partial charge in [0.15, 0.2) is 11.5 Å². The van der Waals surface area contributed by atoms with Crippen LogP contribution in [0.15, 0.2) is 47.8 Å². The summed E-state index contributed by atoms with van der Waals surface area (Å²) >= 11 is 0. The molecule has 0 unspecified atom stereocenters. The number of aromatic amines is 1. The lowest BCUT2D eigenvalue weighted by Crippen LogP contribution is -2.17. The summed E-state index contributed by atoms with van der Waals surface area (Å²) in [4.78, 5) is 19.0. The number of H-pyrrole nitrogens is 1. The van der Waals surface area contributed by atoms with Crippen LogP contribution in [0.1, 0.15) is 15.9 Å². The molecule has 0 aliphatic rings. The van der Waals surface area contributed by atoms with Crippen molar-refractivity contribution in [2.75, 3.05) is 0 Å². The fourth-order valence-corrected chi connectivity index (χ4v) is 1.93. The smallest absolute Gasteiger partial charge is 0.271 e. The van der Waals surface area contributed by atoms with Crippen LogP contribution in [0.3, 0.4) is 0 Å². The number of fused-ring (bicyclic) bond motifs is 1. The monoisotopic (exact) mass is 296 g/mol. The van der Waals surface area contributed by atoms with Crippen molar-refractivity contribution in [3.05, 3.63) is 53.9 Å². The Bertz CT molecular complexity index is 870. The zero-order chi connectivity index (χ0) is 15.5. The molecule has 0 aliphatic carbocycles. The van der Waals surface area contributed by atoms with Gasteiger partial charge in [-0.05, 0) is 42.0 Å². The standard InChI is InChI=1S/C15H12N4O3/c20-13-4-1-9(5-14(13)21)7-18-19-15(22)10-2-3-11-12(6-10)17-8-16-11/h1-8,20-21H,(H,16,17)(H,19,22)/b18-7+. The van der Waals surface area contributed by atoms with Gasteiger partial charge in [0.2, 0.25) is 0 Å². The molecule has 0 atom stereocenters. The highest BCUT2D eigenvalue weighted by Crippen LogP contribution is 2.23. The molecule has 3 aromatic rings. The lowest BCUT2D eigenvalue weighted by atomic mass is 10.2. The second kappa shape index (κ2) is 5.57. The van der Waals surface area contributed by atoms with Gasteiger partial charge in [-0.3, -0.25) is 4.79 Å². The lowest BCUT2D eigenvalue weighted by Gasteiger charge is -2.00. The largest absolute Gasteiger partial charge is 0.504 e. The minimum atomic E-state index is -0.365. The van der Waals surface area contributed by atoms with Crippen molar-refractivity contribution in [1.29, 1.82) is 0 Å². The topological polar surface area (TPSA) is 111 Å². The highest BCUT2D eigenvalue weighted by Gasteiger charge is 2.06. The number of aromatic nitrogens is 2. The number of carbonyl (C=O) groups is 1. The normalized spacial score (nSPS) is 11.1. The SMILES string of the molecule is O=C(N/N=C/c1ccc(O)c(O)c1)c1ccc2nc[nH]c2c1. The molecule has 1 amide bonds. The third-order valence-electron chi connectivity index (χ3n) is 3.06. The van der Waals surface area contributed by atoms with Gasteiger partial charge in [0.05, 0.1) is 23.6 Å². The van der Waals surface area contributed by atoms with E-state index in [0.717, 1.165) is 11.0 Å². The van der Waals surface area contributed by atoms with E-state index in [1.807, 2.05) is 0 Å². The van der Waals surface area contributed by atoms with E-state index >= 15 is 0 Å². The van der Waals surface area contributed by atoms with Crippen molar-refractivity contribution in [3.8, 4) is 11.5 Å². The van der Waals surface area contributed by atoms with Crippen molar-refractivity contribution in [2.24, 2.45) is 5.10 Å². The molecule has 0 bridgehead atoms. The first-order chi connectivity index (χ1) is 10.6. The molecule has 0 saturated heterocycles. The second-order valence-electron chi connectivity index (χ2n) is 4.58. The Labute approximate surface area is 124 Å². The summed E-state index contributed by atoms with van der Waals surface area (Å²) in [6, 6.07) is 9.30. The number of nitrogens with one attached hydrogen (secondary N) is 2. The number of phenolic OH excluding ortho intramolecular Hbond substituents is 2. The van der Waals surface area contributed by atoms with Crippen LogP contribution in [0.4, 0.5) is 0 Å². The molecule has 4 N–H and O–H groups in total. The van der Waals surface area contributed by atoms with Crippen molar-refractivity contribution >= 4 is 23.2 Å². The molecule has 7 nitrogen and oxygen atoms in total. The number of nitrogens with zero attached hydrogens (tertiary/aromatic N) is 2. The van der Waals surface area contributed by atoms with Gasteiger partial charge < -0.3 is 15.2 Å². The van der Waals surface area contributed by atoms with Gasteiger partial charge in [-0.1, -0.05) is 0 Å². The summed E-state index contributed by atoms with van der Waals surface area (Å²) in [5, 5.41) is 22.4. The van der Waals surface area contributed by atoms with Crippen LogP contribution >= 0.6 is 0 Å². The van der Waals surface area contributed by atoms with Gasteiger partial charge in [0.25, 0.3) is 5.91 Å². The molecule has 0 radical (unpaired) electrons. The van der Waals surface area contributed by atoms with Gasteiger partial charge in [-0.25, -0.2) is 10.4 Å².